The molecule has 2 saturated heterocycles. The average molecular weight is 772 g/mol. The molecule has 1 unspecified atom stereocenters. The van der Waals surface area contributed by atoms with Gasteiger partial charge in [0.1, 0.15) is 11.6 Å². The number of amides is 3. The number of piperidine rings is 2. The van der Waals surface area contributed by atoms with Crippen molar-refractivity contribution in [2.75, 3.05) is 43.2 Å². The van der Waals surface area contributed by atoms with Gasteiger partial charge < -0.3 is 15.1 Å². The summed E-state index contributed by atoms with van der Waals surface area (Å²) in [6.07, 6.45) is 13.4. The van der Waals surface area contributed by atoms with Crippen LogP contribution in [0.25, 0.3) is 16.7 Å². The van der Waals surface area contributed by atoms with Gasteiger partial charge >= 0.3 is 5.69 Å². The highest BCUT2D eigenvalue weighted by molar-refractivity contribution is 7.90. The molecule has 18 heteroatoms. The lowest BCUT2D eigenvalue weighted by Gasteiger charge is -2.40. The molecular weight excluding hydrogens is 727 g/mol. The van der Waals surface area contributed by atoms with Crippen molar-refractivity contribution in [3.63, 3.8) is 0 Å². The predicted octanol–water partition coefficient (Wildman–Crippen LogP) is 2.54. The summed E-state index contributed by atoms with van der Waals surface area (Å²) in [5.74, 6) is -0.777. The fourth-order valence-corrected chi connectivity index (χ4v) is 9.44. The molecule has 0 bridgehead atoms. The number of carbonyl (C=O) groups is 3. The first kappa shape index (κ1) is 36.6. The van der Waals surface area contributed by atoms with Gasteiger partial charge in [0.05, 0.1) is 40.8 Å². The summed E-state index contributed by atoms with van der Waals surface area (Å²) in [6.45, 7) is 2.61. The normalized spacial score (nSPS) is 21.5. The van der Waals surface area contributed by atoms with Gasteiger partial charge in [0.2, 0.25) is 11.8 Å². The van der Waals surface area contributed by atoms with Crippen molar-refractivity contribution in [3.8, 4) is 0 Å². The van der Waals surface area contributed by atoms with E-state index in [9.17, 15) is 27.6 Å². The number of nitrogens with zero attached hydrogens (tertiary/aromatic N) is 9. The Labute approximate surface area is 317 Å². The number of anilines is 2. The predicted molar refractivity (Wildman–Crippen MR) is 204 cm³/mol. The van der Waals surface area contributed by atoms with Crippen LogP contribution < -0.4 is 21.2 Å². The van der Waals surface area contributed by atoms with E-state index in [-0.39, 0.29) is 40.3 Å². The largest absolute Gasteiger partial charge is 0.370 e. The van der Waals surface area contributed by atoms with E-state index in [1.165, 1.54) is 15.3 Å². The van der Waals surface area contributed by atoms with Crippen molar-refractivity contribution < 1.29 is 22.8 Å². The number of hydrogen-bond donors (Lipinski definition) is 2. The Balaban J connectivity index is 0.879. The van der Waals surface area contributed by atoms with Gasteiger partial charge in [0, 0.05) is 57.8 Å². The van der Waals surface area contributed by atoms with Crippen molar-refractivity contribution in [1.82, 2.24) is 43.7 Å². The maximum absolute atomic E-state index is 13.4. The number of carbonyl (C=O) groups excluding carboxylic acids is 3. The summed E-state index contributed by atoms with van der Waals surface area (Å²) in [6, 6.07) is 7.23. The van der Waals surface area contributed by atoms with E-state index in [1.807, 2.05) is 18.2 Å². The highest BCUT2D eigenvalue weighted by Crippen LogP contribution is 2.36. The molecule has 290 valence electrons. The second-order valence-electron chi connectivity index (χ2n) is 15.2. The van der Waals surface area contributed by atoms with Gasteiger partial charge in [-0.1, -0.05) is 6.07 Å². The highest BCUT2D eigenvalue weighted by Gasteiger charge is 2.34. The zero-order valence-corrected chi connectivity index (χ0v) is 31.9. The minimum absolute atomic E-state index is 0.0121. The van der Waals surface area contributed by atoms with Crippen molar-refractivity contribution in [2.24, 2.45) is 13.0 Å². The molecule has 3 aliphatic rings. The number of imide groups is 1. The second-order valence-corrected chi connectivity index (χ2v) is 17.1. The maximum Gasteiger partial charge on any atom is 0.329 e. The van der Waals surface area contributed by atoms with E-state index in [4.69, 9.17) is 0 Å². The van der Waals surface area contributed by atoms with Crippen LogP contribution in [-0.4, -0.2) is 104 Å². The molecule has 8 rings (SSSR count). The van der Waals surface area contributed by atoms with Gasteiger partial charge in [0.15, 0.2) is 20.5 Å². The summed E-state index contributed by atoms with van der Waals surface area (Å²) >= 11 is 0. The number of sulfone groups is 1. The van der Waals surface area contributed by atoms with Crippen molar-refractivity contribution in [3.05, 3.63) is 65.1 Å². The summed E-state index contributed by atoms with van der Waals surface area (Å²) in [4.78, 5) is 60.1. The van der Waals surface area contributed by atoms with Crippen LogP contribution in [0.15, 0.2) is 58.9 Å². The van der Waals surface area contributed by atoms with E-state index < -0.39 is 27.7 Å². The third-order valence-electron chi connectivity index (χ3n) is 11.6. The first-order valence-corrected chi connectivity index (χ1v) is 20.6. The molecular formula is C37H45N11O6S. The molecule has 5 aromatic rings. The summed E-state index contributed by atoms with van der Waals surface area (Å²) in [7, 11) is 0.204. The van der Waals surface area contributed by atoms with Gasteiger partial charge in [-0.15, -0.1) is 0 Å². The summed E-state index contributed by atoms with van der Waals surface area (Å²) in [5.41, 5.74) is 2.92. The van der Waals surface area contributed by atoms with Gasteiger partial charge in [-0.3, -0.25) is 33.5 Å². The van der Waals surface area contributed by atoms with E-state index in [0.29, 0.717) is 29.5 Å². The van der Waals surface area contributed by atoms with Crippen LogP contribution in [0, 0.1) is 5.92 Å². The molecule has 0 radical (unpaired) electrons. The maximum atomic E-state index is 13.4. The Morgan fingerprint density at radius 2 is 1.80 bits per heavy atom. The number of para-hydroxylation sites is 1. The monoisotopic (exact) mass is 771 g/mol. The molecule has 2 aliphatic heterocycles. The van der Waals surface area contributed by atoms with Gasteiger partial charge in [-0.25, -0.2) is 22.7 Å². The summed E-state index contributed by atoms with van der Waals surface area (Å²) in [5, 5.41) is 13.6. The number of fused-ring (bicyclic) bond motifs is 2. The standard InChI is InChI=1S/C37H45N11O6S/c1-43(24-14-18-45(19-15-24)28-6-4-7-29-32(28)44(2)37(52)48(29)30-12-13-31(49)41-35(30)51)21-23-8-10-25(11-9-23)47-22-27(36(42-47)55(3,53)54)40-34(50)26-20-39-46-17-5-16-38-33(26)46/h4-7,16-17,20,22-25,30H,8-15,18-19,21H2,1-3H3,(H,40,50)(H,41,49,51)/t23-,25-,30?. The van der Waals surface area contributed by atoms with Crippen LogP contribution in [-0.2, 0) is 26.5 Å². The molecule has 55 heavy (non-hydrogen) atoms. The highest BCUT2D eigenvalue weighted by atomic mass is 32.2. The van der Waals surface area contributed by atoms with E-state index in [0.717, 1.165) is 75.6 Å². The first-order valence-electron chi connectivity index (χ1n) is 18.7. The average Bonchev–Trinajstić information content (AvgIpc) is 3.87. The minimum Gasteiger partial charge on any atom is -0.370 e. The van der Waals surface area contributed by atoms with Crippen LogP contribution in [0.4, 0.5) is 11.4 Å². The Morgan fingerprint density at radius 3 is 2.53 bits per heavy atom. The lowest BCUT2D eigenvalue weighted by Crippen LogP contribution is -2.45. The Morgan fingerprint density at radius 1 is 1.04 bits per heavy atom. The van der Waals surface area contributed by atoms with Gasteiger partial charge in [0.25, 0.3) is 5.91 Å². The molecule has 4 aromatic heterocycles. The zero-order valence-electron chi connectivity index (χ0n) is 31.1. The smallest absolute Gasteiger partial charge is 0.329 e. The molecule has 3 fully saturated rings. The van der Waals surface area contributed by atoms with E-state index >= 15 is 0 Å². The SMILES string of the molecule is CN(C[C@H]1CC[C@H](n2cc(NC(=O)c3cnn4cccnc34)c(S(C)(=O)=O)n2)CC1)C1CCN(c2cccc3c2n(C)c(=O)n3C2CCC(=O)NC2=O)CC1. The van der Waals surface area contributed by atoms with Crippen molar-refractivity contribution in [1.29, 1.82) is 0 Å². The Kier molecular flexibility index (Phi) is 9.57. The number of aryl methyl sites for hydroxylation is 1. The molecule has 1 aliphatic carbocycles. The van der Waals surface area contributed by atoms with E-state index in [1.54, 1.807) is 41.0 Å². The van der Waals surface area contributed by atoms with E-state index in [2.05, 4.69) is 42.7 Å². The first-order chi connectivity index (χ1) is 26.4. The van der Waals surface area contributed by atoms with Crippen molar-refractivity contribution >= 4 is 55.6 Å². The van der Waals surface area contributed by atoms with Crippen molar-refractivity contribution in [2.45, 2.75) is 74.5 Å². The molecule has 2 N–H and O–H groups in total. The number of aromatic nitrogens is 7. The topological polar surface area (TPSA) is 191 Å². The Hall–Kier alpha value is -5.36. The summed E-state index contributed by atoms with van der Waals surface area (Å²) < 4.78 is 31.8. The fourth-order valence-electron chi connectivity index (χ4n) is 8.70. The molecule has 17 nitrogen and oxygen atoms in total. The van der Waals surface area contributed by atoms with Crippen LogP contribution in [0.2, 0.25) is 0 Å². The minimum atomic E-state index is -3.73. The fraction of sp³-hybridized carbons (Fsp3) is 0.486. The van der Waals surface area contributed by atoms with Crippen LogP contribution in [0.5, 0.6) is 0 Å². The number of hydrogen-bond acceptors (Lipinski definition) is 11. The number of rotatable bonds is 9. The quantitative estimate of drug-likeness (QED) is 0.210. The lowest BCUT2D eigenvalue weighted by atomic mass is 9.85. The Bertz CT molecular complexity index is 2470. The molecule has 0 spiro atoms. The van der Waals surface area contributed by atoms with Crippen LogP contribution >= 0.6 is 0 Å². The zero-order chi connectivity index (χ0) is 38.6. The third-order valence-corrected chi connectivity index (χ3v) is 12.6. The van der Waals surface area contributed by atoms with Gasteiger partial charge in [-0.05, 0) is 76.1 Å². The molecule has 1 saturated carbocycles. The number of nitrogens with one attached hydrogen (secondary N) is 2. The lowest BCUT2D eigenvalue weighted by molar-refractivity contribution is -0.135. The van der Waals surface area contributed by atoms with Gasteiger partial charge in [-0.2, -0.15) is 10.2 Å². The van der Waals surface area contributed by atoms with Crippen LogP contribution in [0.3, 0.4) is 0 Å². The number of benzene rings is 1. The molecule has 3 amide bonds. The second kappa shape index (κ2) is 14.4. The van der Waals surface area contributed by atoms with Crippen LogP contribution in [0.1, 0.15) is 73.8 Å². The molecule has 1 atom stereocenters. The molecule has 6 heterocycles. The third kappa shape index (κ3) is 6.92. The molecule has 1 aromatic carbocycles. The number of imidazole rings is 1.